The number of carbonyl (C=O) groups is 1. The highest BCUT2D eigenvalue weighted by Crippen LogP contribution is 2.25. The van der Waals surface area contributed by atoms with Crippen LogP contribution in [-0.2, 0) is 21.4 Å². The molecule has 0 N–H and O–H groups in total. The van der Waals surface area contributed by atoms with Gasteiger partial charge < -0.3 is 4.74 Å². The molecule has 1 fully saturated rings. The van der Waals surface area contributed by atoms with E-state index in [4.69, 9.17) is 4.74 Å². The van der Waals surface area contributed by atoms with Gasteiger partial charge in [-0.3, -0.25) is 0 Å². The molecule has 1 saturated heterocycles. The lowest BCUT2D eigenvalue weighted by atomic mass is 10.1. The number of sulfonamides is 1. The van der Waals surface area contributed by atoms with Crippen molar-refractivity contribution in [2.24, 2.45) is 0 Å². The van der Waals surface area contributed by atoms with Gasteiger partial charge in [-0.1, -0.05) is 30.7 Å². The third kappa shape index (κ3) is 4.36. The van der Waals surface area contributed by atoms with Crippen LogP contribution < -0.4 is 0 Å². The fourth-order valence-electron chi connectivity index (χ4n) is 3.09. The second-order valence-electron chi connectivity index (χ2n) is 6.61. The molecule has 0 amide bonds. The van der Waals surface area contributed by atoms with Crippen LogP contribution in [0.2, 0.25) is 0 Å². The predicted octanol–water partition coefficient (Wildman–Crippen LogP) is 3.67. The molecule has 2 aromatic rings. The van der Waals surface area contributed by atoms with Gasteiger partial charge in [-0.15, -0.1) is 0 Å². The van der Waals surface area contributed by atoms with Gasteiger partial charge in [0.25, 0.3) is 0 Å². The number of nitrogens with zero attached hydrogens (tertiary/aromatic N) is 1. The van der Waals surface area contributed by atoms with Gasteiger partial charge in [-0.05, 0) is 43.5 Å². The van der Waals surface area contributed by atoms with Crippen LogP contribution in [0.1, 0.15) is 40.7 Å². The first-order valence-electron chi connectivity index (χ1n) is 8.91. The SMILES string of the molecule is Cc1ccc(C(=O)OCc2ccccc2F)cc1S(=O)(=O)N1CCCCC1. The number of halogens is 1. The Morgan fingerprint density at radius 1 is 1.11 bits per heavy atom. The largest absolute Gasteiger partial charge is 0.457 e. The van der Waals surface area contributed by atoms with Gasteiger partial charge in [-0.25, -0.2) is 17.6 Å². The van der Waals surface area contributed by atoms with Crippen molar-refractivity contribution in [3.63, 3.8) is 0 Å². The zero-order valence-corrected chi connectivity index (χ0v) is 16.0. The van der Waals surface area contributed by atoms with E-state index in [2.05, 4.69) is 0 Å². The van der Waals surface area contributed by atoms with Crippen molar-refractivity contribution in [3.8, 4) is 0 Å². The van der Waals surface area contributed by atoms with Crippen molar-refractivity contribution in [1.82, 2.24) is 4.31 Å². The molecule has 0 aromatic heterocycles. The Morgan fingerprint density at radius 3 is 2.52 bits per heavy atom. The van der Waals surface area contributed by atoms with Crippen molar-refractivity contribution in [3.05, 3.63) is 65.0 Å². The van der Waals surface area contributed by atoms with Crippen molar-refractivity contribution in [2.75, 3.05) is 13.1 Å². The van der Waals surface area contributed by atoms with Crippen LogP contribution in [0.5, 0.6) is 0 Å². The molecule has 1 aliphatic heterocycles. The molecule has 0 aliphatic carbocycles. The van der Waals surface area contributed by atoms with Gasteiger partial charge in [0.1, 0.15) is 12.4 Å². The first kappa shape index (κ1) is 19.5. The lowest BCUT2D eigenvalue weighted by molar-refractivity contribution is 0.0468. The van der Waals surface area contributed by atoms with Crippen molar-refractivity contribution < 1.29 is 22.3 Å². The van der Waals surface area contributed by atoms with E-state index in [1.54, 1.807) is 25.1 Å². The maximum Gasteiger partial charge on any atom is 0.338 e. The minimum atomic E-state index is -3.66. The fourth-order valence-corrected chi connectivity index (χ4v) is 4.86. The summed E-state index contributed by atoms with van der Waals surface area (Å²) in [4.78, 5) is 12.5. The van der Waals surface area contributed by atoms with E-state index in [0.29, 0.717) is 18.7 Å². The first-order valence-corrected chi connectivity index (χ1v) is 10.3. The second kappa shape index (κ2) is 8.19. The number of ether oxygens (including phenoxy) is 1. The molecular weight excluding hydrogens is 369 g/mol. The van der Waals surface area contributed by atoms with Gasteiger partial charge in [-0.2, -0.15) is 4.31 Å². The zero-order chi connectivity index (χ0) is 19.4. The van der Waals surface area contributed by atoms with Crippen LogP contribution in [0.3, 0.4) is 0 Å². The Kier molecular flexibility index (Phi) is 5.92. The molecule has 0 bridgehead atoms. The summed E-state index contributed by atoms with van der Waals surface area (Å²) in [5.41, 5.74) is 0.970. The smallest absolute Gasteiger partial charge is 0.338 e. The van der Waals surface area contributed by atoms with Crippen molar-refractivity contribution in [1.29, 1.82) is 0 Å². The van der Waals surface area contributed by atoms with Crippen molar-refractivity contribution >= 4 is 16.0 Å². The van der Waals surface area contributed by atoms with Crippen LogP contribution in [0, 0.1) is 12.7 Å². The second-order valence-corrected chi connectivity index (χ2v) is 8.52. The van der Waals surface area contributed by atoms with E-state index in [9.17, 15) is 17.6 Å². The first-order chi connectivity index (χ1) is 12.9. The maximum atomic E-state index is 13.6. The normalized spacial score (nSPS) is 15.5. The molecule has 144 valence electrons. The summed E-state index contributed by atoms with van der Waals surface area (Å²) in [6.45, 7) is 2.46. The molecule has 0 radical (unpaired) electrons. The van der Waals surface area contributed by atoms with E-state index in [1.165, 1.54) is 28.6 Å². The summed E-state index contributed by atoms with van der Waals surface area (Å²) < 4.78 is 46.1. The van der Waals surface area contributed by atoms with Gasteiger partial charge in [0.2, 0.25) is 10.0 Å². The van der Waals surface area contributed by atoms with Crippen LogP contribution in [0.4, 0.5) is 4.39 Å². The Labute approximate surface area is 158 Å². The highest BCUT2D eigenvalue weighted by molar-refractivity contribution is 7.89. The summed E-state index contributed by atoms with van der Waals surface area (Å²) >= 11 is 0. The molecule has 0 unspecified atom stereocenters. The molecule has 0 spiro atoms. The molecule has 0 atom stereocenters. The lowest BCUT2D eigenvalue weighted by Gasteiger charge is -2.26. The molecular formula is C20H22FNO4S. The molecule has 0 saturated carbocycles. The molecule has 1 aliphatic rings. The number of rotatable bonds is 5. The average Bonchev–Trinajstić information content (AvgIpc) is 2.68. The molecule has 3 rings (SSSR count). The monoisotopic (exact) mass is 391 g/mol. The Hall–Kier alpha value is -2.25. The van der Waals surface area contributed by atoms with Gasteiger partial charge in [0, 0.05) is 18.7 Å². The van der Waals surface area contributed by atoms with Crippen LogP contribution >= 0.6 is 0 Å². The van der Waals surface area contributed by atoms with E-state index in [1.807, 2.05) is 0 Å². The standard InChI is InChI=1S/C20H22FNO4S/c1-15-9-10-16(20(23)26-14-17-7-3-4-8-18(17)21)13-19(15)27(24,25)22-11-5-2-6-12-22/h3-4,7-10,13H,2,5-6,11-12,14H2,1H3. The number of piperidine rings is 1. The highest BCUT2D eigenvalue weighted by Gasteiger charge is 2.28. The molecule has 27 heavy (non-hydrogen) atoms. The van der Waals surface area contributed by atoms with Crippen molar-refractivity contribution in [2.45, 2.75) is 37.7 Å². The van der Waals surface area contributed by atoms with Gasteiger partial charge in [0.15, 0.2) is 0 Å². The summed E-state index contributed by atoms with van der Waals surface area (Å²) in [6, 6.07) is 10.5. The third-order valence-electron chi connectivity index (χ3n) is 4.67. The predicted molar refractivity (Wildman–Crippen MR) is 99.3 cm³/mol. The third-order valence-corrected chi connectivity index (χ3v) is 6.71. The van der Waals surface area contributed by atoms with Gasteiger partial charge >= 0.3 is 5.97 Å². The van der Waals surface area contributed by atoms with Crippen LogP contribution in [0.25, 0.3) is 0 Å². The number of benzene rings is 2. The fraction of sp³-hybridized carbons (Fsp3) is 0.350. The lowest BCUT2D eigenvalue weighted by Crippen LogP contribution is -2.36. The number of aryl methyl sites for hydroxylation is 1. The molecule has 1 heterocycles. The minimum Gasteiger partial charge on any atom is -0.457 e. The molecule has 2 aromatic carbocycles. The number of carbonyl (C=O) groups excluding carboxylic acids is 1. The molecule has 5 nitrogen and oxygen atoms in total. The maximum absolute atomic E-state index is 13.6. The Balaban J connectivity index is 1.80. The quantitative estimate of drug-likeness (QED) is 0.730. The highest BCUT2D eigenvalue weighted by atomic mass is 32.2. The van der Waals surface area contributed by atoms with Crippen LogP contribution in [-0.4, -0.2) is 31.8 Å². The van der Waals surface area contributed by atoms with Crippen LogP contribution in [0.15, 0.2) is 47.4 Å². The van der Waals surface area contributed by atoms with E-state index in [-0.39, 0.29) is 22.6 Å². The summed E-state index contributed by atoms with van der Waals surface area (Å²) in [5.74, 6) is -1.14. The molecule has 7 heteroatoms. The average molecular weight is 391 g/mol. The Morgan fingerprint density at radius 2 is 1.81 bits per heavy atom. The summed E-state index contributed by atoms with van der Waals surface area (Å²) in [5, 5.41) is 0. The van der Waals surface area contributed by atoms with E-state index < -0.39 is 21.8 Å². The number of esters is 1. The zero-order valence-electron chi connectivity index (χ0n) is 15.2. The van der Waals surface area contributed by atoms with E-state index >= 15 is 0 Å². The number of hydrogen-bond donors (Lipinski definition) is 0. The van der Waals surface area contributed by atoms with E-state index in [0.717, 1.165) is 19.3 Å². The summed E-state index contributed by atoms with van der Waals surface area (Å²) in [7, 11) is -3.66. The van der Waals surface area contributed by atoms with Gasteiger partial charge in [0.05, 0.1) is 10.5 Å². The minimum absolute atomic E-state index is 0.116. The number of hydrogen-bond acceptors (Lipinski definition) is 4. The topological polar surface area (TPSA) is 63.7 Å². The Bertz CT molecular complexity index is 937. The summed E-state index contributed by atoms with van der Waals surface area (Å²) in [6.07, 6.45) is 2.69.